The fraction of sp³-hybridized carbons (Fsp3) is 0.462. The Morgan fingerprint density at radius 1 is 1.29 bits per heavy atom. The summed E-state index contributed by atoms with van der Waals surface area (Å²) in [6.45, 7) is 0. The Kier molecular flexibility index (Phi) is 3.85. The summed E-state index contributed by atoms with van der Waals surface area (Å²) in [5, 5.41) is 2.97. The number of carbonyl (C=O) groups is 2. The molecule has 1 heterocycles. The number of amides is 1. The highest BCUT2D eigenvalue weighted by Crippen LogP contribution is 2.17. The third kappa shape index (κ3) is 3.12. The van der Waals surface area contributed by atoms with Crippen LogP contribution in [-0.2, 0) is 0 Å². The van der Waals surface area contributed by atoms with Gasteiger partial charge < -0.3 is 5.32 Å². The number of nitrogens with zero attached hydrogens (tertiary/aromatic N) is 1. The monoisotopic (exact) mass is 232 g/mol. The summed E-state index contributed by atoms with van der Waals surface area (Å²) in [6, 6.07) is 5.15. The highest BCUT2D eigenvalue weighted by atomic mass is 16.2. The number of aromatic nitrogens is 1. The van der Waals surface area contributed by atoms with Gasteiger partial charge in [-0.05, 0) is 25.0 Å². The first-order valence-corrected chi connectivity index (χ1v) is 6.02. The number of pyridine rings is 1. The van der Waals surface area contributed by atoms with Crippen LogP contribution in [0.15, 0.2) is 18.2 Å². The lowest BCUT2D eigenvalue weighted by Gasteiger charge is -2.22. The molecule has 1 aromatic rings. The molecule has 1 saturated carbocycles. The molecule has 2 rings (SSSR count). The van der Waals surface area contributed by atoms with Gasteiger partial charge in [0.1, 0.15) is 11.4 Å². The minimum absolute atomic E-state index is 0.180. The molecule has 4 nitrogen and oxygen atoms in total. The minimum Gasteiger partial charge on any atom is -0.348 e. The molecule has 0 atom stereocenters. The van der Waals surface area contributed by atoms with E-state index in [4.69, 9.17) is 0 Å². The Bertz CT molecular complexity index is 412. The van der Waals surface area contributed by atoms with E-state index >= 15 is 0 Å². The Morgan fingerprint density at radius 3 is 2.76 bits per heavy atom. The van der Waals surface area contributed by atoms with Gasteiger partial charge in [-0.1, -0.05) is 25.3 Å². The van der Waals surface area contributed by atoms with Gasteiger partial charge in [-0.2, -0.15) is 0 Å². The smallest absolute Gasteiger partial charge is 0.270 e. The topological polar surface area (TPSA) is 59.1 Å². The molecular formula is C13H16N2O2. The SMILES string of the molecule is O=Cc1cccc(C(=O)NC2CCCCC2)n1. The molecule has 17 heavy (non-hydrogen) atoms. The van der Waals surface area contributed by atoms with Gasteiger partial charge in [0, 0.05) is 6.04 Å². The van der Waals surface area contributed by atoms with Crippen molar-refractivity contribution in [2.24, 2.45) is 0 Å². The predicted octanol–water partition coefficient (Wildman–Crippen LogP) is 1.96. The summed E-state index contributed by atoms with van der Waals surface area (Å²) in [5.41, 5.74) is 0.612. The highest BCUT2D eigenvalue weighted by Gasteiger charge is 2.17. The summed E-state index contributed by atoms with van der Waals surface area (Å²) in [6.07, 6.45) is 6.33. The zero-order valence-corrected chi connectivity index (χ0v) is 9.69. The standard InChI is InChI=1S/C13H16N2O2/c16-9-11-7-4-8-12(14-11)13(17)15-10-5-2-1-3-6-10/h4,7-10H,1-3,5-6H2,(H,15,17). The number of carbonyl (C=O) groups excluding carboxylic acids is 2. The molecule has 1 aromatic heterocycles. The molecule has 0 aromatic carbocycles. The summed E-state index contributed by atoms with van der Waals surface area (Å²) in [5.74, 6) is -0.180. The maximum atomic E-state index is 11.9. The molecule has 90 valence electrons. The van der Waals surface area contributed by atoms with E-state index in [-0.39, 0.29) is 11.9 Å². The summed E-state index contributed by atoms with van der Waals surface area (Å²) in [4.78, 5) is 26.4. The third-order valence-corrected chi connectivity index (χ3v) is 3.06. The summed E-state index contributed by atoms with van der Waals surface area (Å²) >= 11 is 0. The lowest BCUT2D eigenvalue weighted by atomic mass is 9.95. The zero-order chi connectivity index (χ0) is 12.1. The Morgan fingerprint density at radius 2 is 2.06 bits per heavy atom. The molecule has 0 radical (unpaired) electrons. The van der Waals surface area contributed by atoms with Crippen LogP contribution in [0, 0.1) is 0 Å². The fourth-order valence-electron chi connectivity index (χ4n) is 2.15. The minimum atomic E-state index is -0.180. The average molecular weight is 232 g/mol. The van der Waals surface area contributed by atoms with Crippen molar-refractivity contribution in [2.45, 2.75) is 38.1 Å². The van der Waals surface area contributed by atoms with Crippen molar-refractivity contribution in [2.75, 3.05) is 0 Å². The molecule has 1 aliphatic rings. The lowest BCUT2D eigenvalue weighted by Crippen LogP contribution is -2.36. The van der Waals surface area contributed by atoms with Gasteiger partial charge in [0.25, 0.3) is 5.91 Å². The van der Waals surface area contributed by atoms with Gasteiger partial charge in [-0.3, -0.25) is 9.59 Å². The van der Waals surface area contributed by atoms with Gasteiger partial charge in [0.2, 0.25) is 0 Å². The molecular weight excluding hydrogens is 216 g/mol. The van der Waals surface area contributed by atoms with Crippen LogP contribution in [0.25, 0.3) is 0 Å². The van der Waals surface area contributed by atoms with E-state index in [1.54, 1.807) is 18.2 Å². The Balaban J connectivity index is 2.00. The summed E-state index contributed by atoms with van der Waals surface area (Å²) in [7, 11) is 0. The van der Waals surface area contributed by atoms with Crippen molar-refractivity contribution in [1.29, 1.82) is 0 Å². The number of nitrogens with one attached hydrogen (secondary N) is 1. The molecule has 1 N–H and O–H groups in total. The van der Waals surface area contributed by atoms with E-state index < -0.39 is 0 Å². The first-order valence-electron chi connectivity index (χ1n) is 6.02. The molecule has 0 saturated heterocycles. The Labute approximate surface area is 100 Å². The second-order valence-electron chi connectivity index (χ2n) is 4.37. The van der Waals surface area contributed by atoms with E-state index in [0.29, 0.717) is 17.7 Å². The maximum Gasteiger partial charge on any atom is 0.270 e. The number of hydrogen-bond acceptors (Lipinski definition) is 3. The Hall–Kier alpha value is -1.71. The van der Waals surface area contributed by atoms with Gasteiger partial charge in [-0.15, -0.1) is 0 Å². The van der Waals surface area contributed by atoms with E-state index in [0.717, 1.165) is 12.8 Å². The van der Waals surface area contributed by atoms with Crippen molar-refractivity contribution in [3.8, 4) is 0 Å². The van der Waals surface area contributed by atoms with Gasteiger partial charge in [0.15, 0.2) is 6.29 Å². The number of rotatable bonds is 3. The van der Waals surface area contributed by atoms with E-state index in [1.807, 2.05) is 0 Å². The average Bonchev–Trinajstić information content (AvgIpc) is 2.40. The second-order valence-corrected chi connectivity index (χ2v) is 4.37. The van der Waals surface area contributed by atoms with Crippen molar-refractivity contribution in [1.82, 2.24) is 10.3 Å². The van der Waals surface area contributed by atoms with Crippen molar-refractivity contribution in [3.05, 3.63) is 29.6 Å². The third-order valence-electron chi connectivity index (χ3n) is 3.06. The largest absolute Gasteiger partial charge is 0.348 e. The first kappa shape index (κ1) is 11.8. The molecule has 0 aliphatic heterocycles. The molecule has 1 fully saturated rings. The van der Waals surface area contributed by atoms with Gasteiger partial charge in [-0.25, -0.2) is 4.98 Å². The number of hydrogen-bond donors (Lipinski definition) is 1. The normalized spacial score (nSPS) is 16.5. The van der Waals surface area contributed by atoms with Crippen LogP contribution in [-0.4, -0.2) is 23.2 Å². The molecule has 0 unspecified atom stereocenters. The van der Waals surface area contributed by atoms with Crippen LogP contribution in [0.2, 0.25) is 0 Å². The van der Waals surface area contributed by atoms with Crippen molar-refractivity contribution >= 4 is 12.2 Å². The molecule has 4 heteroatoms. The molecule has 0 bridgehead atoms. The van der Waals surface area contributed by atoms with Crippen LogP contribution in [0.3, 0.4) is 0 Å². The van der Waals surface area contributed by atoms with E-state index in [1.165, 1.54) is 19.3 Å². The van der Waals surface area contributed by atoms with Gasteiger partial charge in [0.05, 0.1) is 0 Å². The highest BCUT2D eigenvalue weighted by molar-refractivity contribution is 5.93. The van der Waals surface area contributed by atoms with Crippen LogP contribution >= 0.6 is 0 Å². The van der Waals surface area contributed by atoms with Crippen molar-refractivity contribution in [3.63, 3.8) is 0 Å². The number of aldehydes is 1. The molecule has 1 amide bonds. The zero-order valence-electron chi connectivity index (χ0n) is 9.69. The maximum absolute atomic E-state index is 11.9. The second kappa shape index (κ2) is 5.57. The van der Waals surface area contributed by atoms with Crippen LogP contribution in [0.5, 0.6) is 0 Å². The van der Waals surface area contributed by atoms with Crippen LogP contribution < -0.4 is 5.32 Å². The van der Waals surface area contributed by atoms with Crippen LogP contribution in [0.4, 0.5) is 0 Å². The molecule has 1 aliphatic carbocycles. The first-order chi connectivity index (χ1) is 8.29. The molecule has 0 spiro atoms. The predicted molar refractivity (Wildman–Crippen MR) is 64.0 cm³/mol. The van der Waals surface area contributed by atoms with Crippen molar-refractivity contribution < 1.29 is 9.59 Å². The van der Waals surface area contributed by atoms with E-state index in [9.17, 15) is 9.59 Å². The quantitative estimate of drug-likeness (QED) is 0.810. The summed E-state index contributed by atoms with van der Waals surface area (Å²) < 4.78 is 0. The lowest BCUT2D eigenvalue weighted by molar-refractivity contribution is 0.0922. The van der Waals surface area contributed by atoms with E-state index in [2.05, 4.69) is 10.3 Å². The van der Waals surface area contributed by atoms with Crippen LogP contribution in [0.1, 0.15) is 53.1 Å². The fourth-order valence-corrected chi connectivity index (χ4v) is 2.15. The van der Waals surface area contributed by atoms with Gasteiger partial charge >= 0.3 is 0 Å².